The second-order valence-corrected chi connectivity index (χ2v) is 8.11. The first-order valence-corrected chi connectivity index (χ1v) is 10.3. The average Bonchev–Trinajstić information content (AvgIpc) is 3.25. The number of aromatic amines is 4. The lowest BCUT2D eigenvalue weighted by Gasteiger charge is -2.16. The van der Waals surface area contributed by atoms with Gasteiger partial charge in [-0.1, -0.05) is 41.4 Å². The normalized spacial score (nSPS) is 11.3. The maximum atomic E-state index is 12.5. The summed E-state index contributed by atoms with van der Waals surface area (Å²) in [6, 6.07) is 12.5. The van der Waals surface area contributed by atoms with Crippen LogP contribution in [0.3, 0.4) is 0 Å². The topological polar surface area (TPSA) is 107 Å². The first kappa shape index (κ1) is 21.1. The molecule has 0 atom stereocenters. The molecule has 2 aromatic carbocycles. The molecule has 160 valence electrons. The number of aromatic nitrogens is 4. The van der Waals surface area contributed by atoms with E-state index in [9.17, 15) is 9.59 Å². The summed E-state index contributed by atoms with van der Waals surface area (Å²) in [5, 5.41) is 12.0. The van der Waals surface area contributed by atoms with E-state index in [1.54, 1.807) is 38.1 Å². The fraction of sp³-hybridized carbons (Fsp3) is 0.182. The minimum absolute atomic E-state index is 0.264. The van der Waals surface area contributed by atoms with E-state index in [4.69, 9.17) is 27.9 Å². The molecule has 0 saturated carbocycles. The second-order valence-electron chi connectivity index (χ2n) is 7.26. The summed E-state index contributed by atoms with van der Waals surface area (Å²) in [6.45, 7) is 3.87. The van der Waals surface area contributed by atoms with Crippen LogP contribution in [0.15, 0.2) is 52.1 Å². The van der Waals surface area contributed by atoms with Crippen LogP contribution in [0.4, 0.5) is 0 Å². The monoisotopic (exact) mass is 458 g/mol. The molecule has 2 aromatic heterocycles. The van der Waals surface area contributed by atoms with Gasteiger partial charge in [0, 0.05) is 32.9 Å². The smallest absolute Gasteiger partial charge is 0.268 e. The van der Waals surface area contributed by atoms with Crippen LogP contribution in [0.5, 0.6) is 5.75 Å². The van der Waals surface area contributed by atoms with Crippen molar-refractivity contribution in [3.8, 4) is 5.75 Å². The van der Waals surface area contributed by atoms with E-state index in [2.05, 4.69) is 20.4 Å². The van der Waals surface area contributed by atoms with Crippen molar-refractivity contribution in [3.63, 3.8) is 0 Å². The molecule has 9 heteroatoms. The quantitative estimate of drug-likeness (QED) is 0.343. The van der Waals surface area contributed by atoms with Crippen LogP contribution in [-0.2, 0) is 6.61 Å². The lowest BCUT2D eigenvalue weighted by Crippen LogP contribution is -2.20. The number of rotatable bonds is 6. The summed E-state index contributed by atoms with van der Waals surface area (Å²) in [4.78, 5) is 25.0. The van der Waals surface area contributed by atoms with Gasteiger partial charge in [-0.15, -0.1) is 0 Å². The van der Waals surface area contributed by atoms with Gasteiger partial charge in [-0.3, -0.25) is 19.8 Å². The van der Waals surface area contributed by atoms with Crippen LogP contribution < -0.4 is 15.9 Å². The summed E-state index contributed by atoms with van der Waals surface area (Å²) in [6.07, 6.45) is 0. The van der Waals surface area contributed by atoms with Crippen molar-refractivity contribution in [2.75, 3.05) is 0 Å². The van der Waals surface area contributed by atoms with Crippen molar-refractivity contribution < 1.29 is 4.74 Å². The molecule has 0 bridgehead atoms. The Labute approximate surface area is 187 Å². The summed E-state index contributed by atoms with van der Waals surface area (Å²) in [5.74, 6) is 0.0951. The van der Waals surface area contributed by atoms with Gasteiger partial charge in [0.25, 0.3) is 11.1 Å². The lowest BCUT2D eigenvalue weighted by atomic mass is 9.85. The highest BCUT2D eigenvalue weighted by Gasteiger charge is 2.28. The van der Waals surface area contributed by atoms with Gasteiger partial charge in [0.1, 0.15) is 12.4 Å². The van der Waals surface area contributed by atoms with Crippen molar-refractivity contribution in [1.29, 1.82) is 0 Å². The zero-order chi connectivity index (χ0) is 22.1. The number of ether oxygens (including phenoxy) is 1. The molecule has 4 rings (SSSR count). The molecule has 0 aliphatic heterocycles. The minimum atomic E-state index is -0.537. The van der Waals surface area contributed by atoms with Crippen LogP contribution in [0, 0.1) is 13.8 Å². The van der Waals surface area contributed by atoms with Gasteiger partial charge in [0.05, 0.1) is 11.1 Å². The Morgan fingerprint density at radius 3 is 1.90 bits per heavy atom. The molecule has 4 aromatic rings. The molecule has 2 heterocycles. The standard InChI is InChI=1S/C22H20Cl2N4O3/c1-11-18(21(29)27-25-11)20(19-12(2)26-28-22(19)30)13-4-7-16(8-5-13)31-10-14-3-6-15(23)9-17(14)24/h3-9,20H,10H2,1-2H3,(H2,25,27,29)(H2,26,28,30). The van der Waals surface area contributed by atoms with Crippen LogP contribution >= 0.6 is 23.2 Å². The molecular formula is C22H20Cl2N4O3. The van der Waals surface area contributed by atoms with E-state index >= 15 is 0 Å². The number of H-pyrrole nitrogens is 4. The number of hydrogen-bond donors (Lipinski definition) is 4. The summed E-state index contributed by atoms with van der Waals surface area (Å²) in [5.41, 5.74) is 3.42. The predicted molar refractivity (Wildman–Crippen MR) is 120 cm³/mol. The number of aryl methyl sites for hydroxylation is 2. The molecule has 31 heavy (non-hydrogen) atoms. The molecule has 0 saturated heterocycles. The Kier molecular flexibility index (Phi) is 5.80. The molecule has 4 N–H and O–H groups in total. The largest absolute Gasteiger partial charge is 0.489 e. The van der Waals surface area contributed by atoms with Gasteiger partial charge < -0.3 is 14.9 Å². The molecule has 0 aliphatic carbocycles. The van der Waals surface area contributed by atoms with Gasteiger partial charge in [0.2, 0.25) is 0 Å². The molecule has 0 unspecified atom stereocenters. The first-order chi connectivity index (χ1) is 14.8. The van der Waals surface area contributed by atoms with Crippen LogP contribution in [-0.4, -0.2) is 20.4 Å². The van der Waals surface area contributed by atoms with Gasteiger partial charge in [-0.25, -0.2) is 0 Å². The fourth-order valence-corrected chi connectivity index (χ4v) is 4.10. The third-order valence-corrected chi connectivity index (χ3v) is 5.81. The zero-order valence-corrected chi connectivity index (χ0v) is 18.3. The highest BCUT2D eigenvalue weighted by atomic mass is 35.5. The Hall–Kier alpha value is -3.16. The number of halogens is 2. The van der Waals surface area contributed by atoms with Crippen LogP contribution in [0.25, 0.3) is 0 Å². The number of nitrogens with one attached hydrogen (secondary N) is 4. The average molecular weight is 459 g/mol. The van der Waals surface area contributed by atoms with E-state index in [1.165, 1.54) is 0 Å². The van der Waals surface area contributed by atoms with Gasteiger partial charge >= 0.3 is 0 Å². The molecule has 7 nitrogen and oxygen atoms in total. The lowest BCUT2D eigenvalue weighted by molar-refractivity contribution is 0.306. The van der Waals surface area contributed by atoms with Crippen molar-refractivity contribution in [1.82, 2.24) is 20.4 Å². The Bertz CT molecular complexity index is 1280. The van der Waals surface area contributed by atoms with Gasteiger partial charge in [-0.2, -0.15) is 0 Å². The SMILES string of the molecule is Cc1[nH][nH]c(=O)c1C(c1ccc(OCc2ccc(Cl)cc2Cl)cc1)c1c(C)[nH][nH]c1=O. The van der Waals surface area contributed by atoms with Crippen LogP contribution in [0.2, 0.25) is 10.0 Å². The second kappa shape index (κ2) is 8.53. The van der Waals surface area contributed by atoms with Gasteiger partial charge in [0.15, 0.2) is 0 Å². The van der Waals surface area contributed by atoms with Crippen molar-refractivity contribution in [3.05, 3.63) is 107 Å². The van der Waals surface area contributed by atoms with E-state index in [-0.39, 0.29) is 17.7 Å². The zero-order valence-electron chi connectivity index (χ0n) is 16.8. The summed E-state index contributed by atoms with van der Waals surface area (Å²) >= 11 is 12.1. The number of benzene rings is 2. The fourth-order valence-electron chi connectivity index (χ4n) is 3.64. The first-order valence-electron chi connectivity index (χ1n) is 9.56. The predicted octanol–water partition coefficient (Wildman–Crippen LogP) is 4.40. The molecule has 0 aliphatic rings. The molecule has 0 spiro atoms. The third kappa shape index (κ3) is 4.19. The van der Waals surface area contributed by atoms with Crippen molar-refractivity contribution in [2.45, 2.75) is 26.4 Å². The molecular weight excluding hydrogens is 439 g/mol. The summed E-state index contributed by atoms with van der Waals surface area (Å²) < 4.78 is 5.85. The van der Waals surface area contributed by atoms with E-state index in [0.717, 1.165) is 11.1 Å². The third-order valence-electron chi connectivity index (χ3n) is 5.22. The molecule has 0 radical (unpaired) electrons. The minimum Gasteiger partial charge on any atom is -0.489 e. The van der Waals surface area contributed by atoms with E-state index in [0.29, 0.717) is 38.3 Å². The summed E-state index contributed by atoms with van der Waals surface area (Å²) in [7, 11) is 0. The highest BCUT2D eigenvalue weighted by molar-refractivity contribution is 6.35. The van der Waals surface area contributed by atoms with Gasteiger partial charge in [-0.05, 0) is 43.7 Å². The maximum absolute atomic E-state index is 12.5. The van der Waals surface area contributed by atoms with Crippen molar-refractivity contribution in [2.24, 2.45) is 0 Å². The Morgan fingerprint density at radius 2 is 1.42 bits per heavy atom. The van der Waals surface area contributed by atoms with E-state index < -0.39 is 5.92 Å². The van der Waals surface area contributed by atoms with E-state index in [1.807, 2.05) is 18.2 Å². The number of hydrogen-bond acceptors (Lipinski definition) is 3. The molecule has 0 fully saturated rings. The van der Waals surface area contributed by atoms with Crippen molar-refractivity contribution >= 4 is 23.2 Å². The maximum Gasteiger partial charge on any atom is 0.268 e. The Balaban J connectivity index is 1.66. The Morgan fingerprint density at radius 1 is 0.839 bits per heavy atom. The highest BCUT2D eigenvalue weighted by Crippen LogP contribution is 2.32. The van der Waals surface area contributed by atoms with Crippen LogP contribution in [0.1, 0.15) is 39.6 Å². The molecule has 0 amide bonds.